The fourth-order valence-electron chi connectivity index (χ4n) is 3.70. The van der Waals surface area contributed by atoms with Crippen LogP contribution in [0, 0.1) is 5.92 Å². The molecule has 0 amide bonds. The second-order valence-electron chi connectivity index (χ2n) is 6.08. The molecular weight excluding hydrogens is 318 g/mol. The number of nitrogens with one attached hydrogen (secondary N) is 1. The van der Waals surface area contributed by atoms with E-state index in [1.807, 2.05) is 48.5 Å². The van der Waals surface area contributed by atoms with Gasteiger partial charge in [-0.2, -0.15) is 0 Å². The molecule has 0 saturated heterocycles. The number of aromatic nitrogens is 1. The summed E-state index contributed by atoms with van der Waals surface area (Å²) in [5, 5.41) is 0.957. The van der Waals surface area contributed by atoms with Crippen LogP contribution in [0.25, 0.3) is 10.9 Å². The topological polar surface area (TPSA) is 68.4 Å². The van der Waals surface area contributed by atoms with E-state index >= 15 is 0 Å². The summed E-state index contributed by atoms with van der Waals surface area (Å²) in [6, 6.07) is 15.2. The third-order valence-corrected chi connectivity index (χ3v) is 4.85. The predicted octanol–water partition coefficient (Wildman–Crippen LogP) is 3.29. The predicted molar refractivity (Wildman–Crippen MR) is 93.0 cm³/mol. The number of para-hydroxylation sites is 1. The second kappa shape index (κ2) is 5.77. The Morgan fingerprint density at radius 3 is 2.44 bits per heavy atom. The molecular formula is C20H17NO4. The van der Waals surface area contributed by atoms with Crippen molar-refractivity contribution in [2.75, 3.05) is 14.2 Å². The Balaban J connectivity index is 1.94. The molecule has 25 heavy (non-hydrogen) atoms. The number of Topliss-reactive ketones (excluding diaryl/α,β-unsaturated/α-hetero) is 1. The van der Waals surface area contributed by atoms with Crippen molar-refractivity contribution in [3.05, 3.63) is 65.4 Å². The first kappa shape index (κ1) is 15.4. The van der Waals surface area contributed by atoms with E-state index in [-0.39, 0.29) is 11.7 Å². The molecule has 1 aliphatic rings. The summed E-state index contributed by atoms with van der Waals surface area (Å²) in [7, 11) is 2.91. The van der Waals surface area contributed by atoms with Gasteiger partial charge in [0.25, 0.3) is 0 Å². The lowest BCUT2D eigenvalue weighted by atomic mass is 9.84. The molecule has 1 N–H and O–H groups in total. The minimum absolute atomic E-state index is 0.223. The van der Waals surface area contributed by atoms with E-state index in [9.17, 15) is 9.59 Å². The van der Waals surface area contributed by atoms with Crippen LogP contribution in [0.15, 0.2) is 48.5 Å². The van der Waals surface area contributed by atoms with Crippen molar-refractivity contribution in [3.8, 4) is 5.75 Å². The Labute approximate surface area is 144 Å². The van der Waals surface area contributed by atoms with Gasteiger partial charge < -0.3 is 14.5 Å². The first-order valence-electron chi connectivity index (χ1n) is 8.02. The number of hydrogen-bond acceptors (Lipinski definition) is 4. The maximum atomic E-state index is 12.9. The highest BCUT2D eigenvalue weighted by atomic mass is 16.5. The molecule has 0 aliphatic heterocycles. The van der Waals surface area contributed by atoms with E-state index < -0.39 is 11.9 Å². The molecule has 0 bridgehead atoms. The van der Waals surface area contributed by atoms with E-state index in [1.165, 1.54) is 7.11 Å². The van der Waals surface area contributed by atoms with Crippen LogP contribution in [0.2, 0.25) is 0 Å². The smallest absolute Gasteiger partial charge is 0.317 e. The number of fused-ring (bicyclic) bond motifs is 3. The van der Waals surface area contributed by atoms with Gasteiger partial charge in [-0.25, -0.2) is 0 Å². The number of rotatable bonds is 3. The molecule has 126 valence electrons. The molecule has 0 fully saturated rings. The highest BCUT2D eigenvalue weighted by molar-refractivity contribution is 6.16. The van der Waals surface area contributed by atoms with E-state index in [0.717, 1.165) is 27.8 Å². The first-order valence-corrected chi connectivity index (χ1v) is 8.02. The quantitative estimate of drug-likeness (QED) is 0.589. The van der Waals surface area contributed by atoms with Crippen LogP contribution >= 0.6 is 0 Å². The number of benzene rings is 2. The third-order valence-electron chi connectivity index (χ3n) is 4.85. The molecule has 1 heterocycles. The molecule has 2 aromatic carbocycles. The summed E-state index contributed by atoms with van der Waals surface area (Å²) < 4.78 is 10.1. The van der Waals surface area contributed by atoms with Crippen molar-refractivity contribution in [2.24, 2.45) is 5.92 Å². The molecule has 0 unspecified atom stereocenters. The Morgan fingerprint density at radius 1 is 1.04 bits per heavy atom. The SMILES string of the molecule is COC(=O)[C@@H]1C(=O)c2[nH]c3ccccc3c2[C@H]1c1ccc(OC)cc1. The van der Waals surface area contributed by atoms with Crippen LogP contribution in [0.3, 0.4) is 0 Å². The monoisotopic (exact) mass is 335 g/mol. The number of H-pyrrole nitrogens is 1. The number of hydrogen-bond donors (Lipinski definition) is 1. The van der Waals surface area contributed by atoms with Crippen LogP contribution in [-0.2, 0) is 9.53 Å². The summed E-state index contributed by atoms with van der Waals surface area (Å²) >= 11 is 0. The van der Waals surface area contributed by atoms with Gasteiger partial charge in [-0.3, -0.25) is 9.59 Å². The summed E-state index contributed by atoms with van der Waals surface area (Å²) in [4.78, 5) is 28.4. The van der Waals surface area contributed by atoms with Crippen molar-refractivity contribution in [2.45, 2.75) is 5.92 Å². The fourth-order valence-corrected chi connectivity index (χ4v) is 3.70. The number of esters is 1. The maximum Gasteiger partial charge on any atom is 0.317 e. The minimum Gasteiger partial charge on any atom is -0.497 e. The zero-order chi connectivity index (χ0) is 17.6. The van der Waals surface area contributed by atoms with Crippen molar-refractivity contribution < 1.29 is 19.1 Å². The Hall–Kier alpha value is -3.08. The van der Waals surface area contributed by atoms with Crippen LogP contribution in [-0.4, -0.2) is 31.0 Å². The lowest BCUT2D eigenvalue weighted by Gasteiger charge is -2.18. The molecule has 5 nitrogen and oxygen atoms in total. The number of aromatic amines is 1. The van der Waals surface area contributed by atoms with Gasteiger partial charge in [-0.1, -0.05) is 30.3 Å². The van der Waals surface area contributed by atoms with Crippen LogP contribution < -0.4 is 4.74 Å². The van der Waals surface area contributed by atoms with Gasteiger partial charge in [0, 0.05) is 16.8 Å². The molecule has 1 aliphatic carbocycles. The second-order valence-corrected chi connectivity index (χ2v) is 6.08. The normalized spacial score (nSPS) is 19.0. The van der Waals surface area contributed by atoms with Crippen molar-refractivity contribution in [3.63, 3.8) is 0 Å². The number of carbonyl (C=O) groups is 2. The number of ketones is 1. The summed E-state index contributed by atoms with van der Waals surface area (Å²) in [6.07, 6.45) is 0. The van der Waals surface area contributed by atoms with E-state index in [4.69, 9.17) is 9.47 Å². The summed E-state index contributed by atoms with van der Waals surface area (Å²) in [6.45, 7) is 0. The molecule has 0 radical (unpaired) electrons. The molecule has 1 aromatic heterocycles. The maximum absolute atomic E-state index is 12.9. The number of ether oxygens (including phenoxy) is 2. The Kier molecular flexibility index (Phi) is 3.57. The molecule has 3 aromatic rings. The number of carbonyl (C=O) groups excluding carboxylic acids is 2. The number of methoxy groups -OCH3 is 2. The van der Waals surface area contributed by atoms with Crippen LogP contribution in [0.5, 0.6) is 5.75 Å². The first-order chi connectivity index (χ1) is 12.2. The van der Waals surface area contributed by atoms with Gasteiger partial charge in [-0.05, 0) is 29.3 Å². The van der Waals surface area contributed by atoms with Gasteiger partial charge in [0.1, 0.15) is 11.7 Å². The van der Waals surface area contributed by atoms with E-state index in [0.29, 0.717) is 5.69 Å². The molecule has 0 spiro atoms. The average Bonchev–Trinajstić information content (AvgIpc) is 3.16. The van der Waals surface area contributed by atoms with Crippen LogP contribution in [0.4, 0.5) is 0 Å². The third kappa shape index (κ3) is 2.23. The van der Waals surface area contributed by atoms with Crippen molar-refractivity contribution >= 4 is 22.7 Å². The molecule has 5 heteroatoms. The lowest BCUT2D eigenvalue weighted by molar-refractivity contribution is -0.143. The summed E-state index contributed by atoms with van der Waals surface area (Å²) in [5.41, 5.74) is 3.13. The van der Waals surface area contributed by atoms with Crippen LogP contribution in [0.1, 0.15) is 27.5 Å². The zero-order valence-corrected chi connectivity index (χ0v) is 13.9. The highest BCUT2D eigenvalue weighted by Crippen LogP contribution is 2.46. The van der Waals surface area contributed by atoms with Gasteiger partial charge in [0.2, 0.25) is 0 Å². The van der Waals surface area contributed by atoms with Gasteiger partial charge in [0.05, 0.1) is 19.9 Å². The van der Waals surface area contributed by atoms with Crippen molar-refractivity contribution in [1.82, 2.24) is 4.98 Å². The largest absolute Gasteiger partial charge is 0.497 e. The van der Waals surface area contributed by atoms with E-state index in [2.05, 4.69) is 4.98 Å². The Morgan fingerprint density at radius 2 is 1.76 bits per heavy atom. The van der Waals surface area contributed by atoms with Gasteiger partial charge in [-0.15, -0.1) is 0 Å². The van der Waals surface area contributed by atoms with Gasteiger partial charge >= 0.3 is 5.97 Å². The standard InChI is InChI=1S/C20H17NO4/c1-24-12-9-7-11(8-10-12)15-16-13-5-3-4-6-14(13)21-18(16)19(22)17(15)20(23)25-2/h3-10,15,17,21H,1-2H3/t15-,17+/m1/s1. The van der Waals surface area contributed by atoms with Crippen molar-refractivity contribution in [1.29, 1.82) is 0 Å². The average molecular weight is 335 g/mol. The highest BCUT2D eigenvalue weighted by Gasteiger charge is 2.47. The molecule has 4 rings (SSSR count). The Bertz CT molecular complexity index is 971. The van der Waals surface area contributed by atoms with E-state index in [1.54, 1.807) is 7.11 Å². The molecule has 0 saturated carbocycles. The lowest BCUT2D eigenvalue weighted by Crippen LogP contribution is -2.26. The fraction of sp³-hybridized carbons (Fsp3) is 0.200. The zero-order valence-electron chi connectivity index (χ0n) is 13.9. The minimum atomic E-state index is -0.871. The summed E-state index contributed by atoms with van der Waals surface area (Å²) in [5.74, 6) is -1.26. The molecule has 2 atom stereocenters. The van der Waals surface area contributed by atoms with Gasteiger partial charge in [0.15, 0.2) is 5.78 Å².